The third kappa shape index (κ3) is 4.69. The molecule has 8 heteroatoms. The van der Waals surface area contributed by atoms with Gasteiger partial charge in [-0.2, -0.15) is 4.98 Å². The number of hydrogen-bond acceptors (Lipinski definition) is 6. The van der Waals surface area contributed by atoms with E-state index in [0.717, 1.165) is 29.9 Å². The Labute approximate surface area is 188 Å². The molecular weight excluding hydrogens is 406 g/mol. The van der Waals surface area contributed by atoms with Crippen LogP contribution in [0.4, 0.5) is 16.2 Å². The minimum absolute atomic E-state index is 0.109. The molecule has 0 radical (unpaired) electrons. The summed E-state index contributed by atoms with van der Waals surface area (Å²) in [6, 6.07) is 13.8. The molecule has 2 aromatic carbocycles. The number of benzene rings is 2. The first kappa shape index (κ1) is 21.7. The van der Waals surface area contributed by atoms with E-state index < -0.39 is 0 Å². The van der Waals surface area contributed by atoms with Crippen LogP contribution >= 0.6 is 0 Å². The summed E-state index contributed by atoms with van der Waals surface area (Å²) in [5, 5.41) is 7.05. The average Bonchev–Trinajstić information content (AvgIpc) is 3.30. The molecule has 2 heterocycles. The SMILES string of the molecule is COc1ccc(C)cc1NC(=O)N1CCN(c2ccc(-c3noc(C(C)C)n3)cc2)CC1. The van der Waals surface area contributed by atoms with Crippen LogP contribution in [0.2, 0.25) is 0 Å². The number of piperazine rings is 1. The molecule has 4 rings (SSSR count). The molecule has 1 saturated heterocycles. The second kappa shape index (κ2) is 9.30. The first-order valence-electron chi connectivity index (χ1n) is 10.8. The van der Waals surface area contributed by atoms with E-state index in [9.17, 15) is 4.79 Å². The minimum atomic E-state index is -0.109. The van der Waals surface area contributed by atoms with Gasteiger partial charge in [-0.1, -0.05) is 25.1 Å². The first-order valence-corrected chi connectivity index (χ1v) is 10.8. The number of aryl methyl sites for hydroxylation is 1. The van der Waals surface area contributed by atoms with Crippen molar-refractivity contribution in [1.82, 2.24) is 15.0 Å². The molecule has 1 aliphatic rings. The van der Waals surface area contributed by atoms with Crippen LogP contribution in [-0.4, -0.2) is 54.4 Å². The number of hydrogen-bond donors (Lipinski definition) is 1. The van der Waals surface area contributed by atoms with Crippen LogP contribution < -0.4 is 15.0 Å². The Hall–Kier alpha value is -3.55. The Kier molecular flexibility index (Phi) is 6.30. The molecule has 1 aliphatic heterocycles. The number of methoxy groups -OCH3 is 1. The number of carbonyl (C=O) groups is 1. The Morgan fingerprint density at radius 1 is 1.09 bits per heavy atom. The molecule has 1 fully saturated rings. The predicted molar refractivity (Wildman–Crippen MR) is 124 cm³/mol. The van der Waals surface area contributed by atoms with Crippen LogP contribution in [0.25, 0.3) is 11.4 Å². The zero-order chi connectivity index (χ0) is 22.7. The number of urea groups is 1. The largest absolute Gasteiger partial charge is 0.495 e. The normalized spacial score (nSPS) is 14.0. The lowest BCUT2D eigenvalue weighted by molar-refractivity contribution is 0.208. The van der Waals surface area contributed by atoms with E-state index in [2.05, 4.69) is 32.5 Å². The molecule has 0 saturated carbocycles. The van der Waals surface area contributed by atoms with E-state index in [4.69, 9.17) is 9.26 Å². The summed E-state index contributed by atoms with van der Waals surface area (Å²) in [6.07, 6.45) is 0. The second-order valence-electron chi connectivity index (χ2n) is 8.27. The summed E-state index contributed by atoms with van der Waals surface area (Å²) in [4.78, 5) is 21.3. The third-order valence-corrected chi connectivity index (χ3v) is 5.59. The van der Waals surface area contributed by atoms with E-state index in [1.165, 1.54) is 0 Å². The molecule has 1 aromatic heterocycles. The summed E-state index contributed by atoms with van der Waals surface area (Å²) < 4.78 is 10.7. The van der Waals surface area contributed by atoms with Crippen molar-refractivity contribution in [1.29, 1.82) is 0 Å². The highest BCUT2D eigenvalue weighted by atomic mass is 16.5. The number of aromatic nitrogens is 2. The Morgan fingerprint density at radius 3 is 2.44 bits per heavy atom. The maximum absolute atomic E-state index is 12.8. The molecule has 32 heavy (non-hydrogen) atoms. The quantitative estimate of drug-likeness (QED) is 0.634. The average molecular weight is 436 g/mol. The second-order valence-corrected chi connectivity index (χ2v) is 8.27. The monoisotopic (exact) mass is 435 g/mol. The number of anilines is 2. The number of nitrogens with one attached hydrogen (secondary N) is 1. The van der Waals surface area contributed by atoms with Gasteiger partial charge in [-0.25, -0.2) is 4.79 Å². The van der Waals surface area contributed by atoms with Crippen LogP contribution in [-0.2, 0) is 0 Å². The van der Waals surface area contributed by atoms with Gasteiger partial charge in [-0.05, 0) is 48.9 Å². The fourth-order valence-electron chi connectivity index (χ4n) is 3.69. The maximum Gasteiger partial charge on any atom is 0.322 e. The van der Waals surface area contributed by atoms with Gasteiger partial charge in [-0.15, -0.1) is 0 Å². The minimum Gasteiger partial charge on any atom is -0.495 e. The first-order chi connectivity index (χ1) is 15.4. The van der Waals surface area contributed by atoms with Gasteiger partial charge < -0.3 is 24.4 Å². The van der Waals surface area contributed by atoms with Crippen molar-refractivity contribution in [3.63, 3.8) is 0 Å². The van der Waals surface area contributed by atoms with Gasteiger partial charge in [0.05, 0.1) is 12.8 Å². The van der Waals surface area contributed by atoms with Gasteiger partial charge in [0.1, 0.15) is 5.75 Å². The van der Waals surface area contributed by atoms with Crippen molar-refractivity contribution in [2.24, 2.45) is 0 Å². The highest BCUT2D eigenvalue weighted by Crippen LogP contribution is 2.26. The number of nitrogens with zero attached hydrogens (tertiary/aromatic N) is 4. The molecule has 0 unspecified atom stereocenters. The molecule has 1 N–H and O–H groups in total. The van der Waals surface area contributed by atoms with Crippen LogP contribution in [0.5, 0.6) is 5.75 Å². The molecule has 0 bridgehead atoms. The number of rotatable bonds is 5. The summed E-state index contributed by atoms with van der Waals surface area (Å²) in [6.45, 7) is 8.85. The Bertz CT molecular complexity index is 1070. The molecule has 3 aromatic rings. The van der Waals surface area contributed by atoms with E-state index in [1.807, 2.05) is 56.0 Å². The van der Waals surface area contributed by atoms with E-state index >= 15 is 0 Å². The molecule has 0 atom stereocenters. The van der Waals surface area contributed by atoms with Crippen LogP contribution in [0.3, 0.4) is 0 Å². The number of carbonyl (C=O) groups excluding carboxylic acids is 1. The fraction of sp³-hybridized carbons (Fsp3) is 0.375. The smallest absolute Gasteiger partial charge is 0.322 e. The Morgan fingerprint density at radius 2 is 1.81 bits per heavy atom. The van der Waals surface area contributed by atoms with E-state index in [1.54, 1.807) is 7.11 Å². The third-order valence-electron chi connectivity index (χ3n) is 5.59. The van der Waals surface area contributed by atoms with Crippen LogP contribution in [0, 0.1) is 6.92 Å². The van der Waals surface area contributed by atoms with Gasteiger partial charge in [-0.3, -0.25) is 0 Å². The van der Waals surface area contributed by atoms with Crippen LogP contribution in [0.1, 0.15) is 31.2 Å². The predicted octanol–water partition coefficient (Wildman–Crippen LogP) is 4.53. The molecule has 0 spiro atoms. The fourth-order valence-corrected chi connectivity index (χ4v) is 3.69. The summed E-state index contributed by atoms with van der Waals surface area (Å²) in [5.41, 5.74) is 3.80. The van der Waals surface area contributed by atoms with Gasteiger partial charge in [0.15, 0.2) is 0 Å². The van der Waals surface area contributed by atoms with Crippen molar-refractivity contribution in [3.8, 4) is 17.1 Å². The summed E-state index contributed by atoms with van der Waals surface area (Å²) in [5.74, 6) is 2.11. The van der Waals surface area contributed by atoms with Gasteiger partial charge in [0.2, 0.25) is 11.7 Å². The Balaban J connectivity index is 1.35. The lowest BCUT2D eigenvalue weighted by Crippen LogP contribution is -2.50. The lowest BCUT2D eigenvalue weighted by atomic mass is 10.1. The number of amides is 2. The molecular formula is C24H29N5O3. The van der Waals surface area contributed by atoms with Gasteiger partial charge in [0, 0.05) is 43.3 Å². The lowest BCUT2D eigenvalue weighted by Gasteiger charge is -2.36. The summed E-state index contributed by atoms with van der Waals surface area (Å²) in [7, 11) is 1.60. The van der Waals surface area contributed by atoms with E-state index in [-0.39, 0.29) is 11.9 Å². The van der Waals surface area contributed by atoms with Crippen LogP contribution in [0.15, 0.2) is 47.0 Å². The molecule has 2 amide bonds. The molecule has 0 aliphatic carbocycles. The van der Waals surface area contributed by atoms with Gasteiger partial charge >= 0.3 is 6.03 Å². The van der Waals surface area contributed by atoms with Crippen molar-refractivity contribution >= 4 is 17.4 Å². The molecule has 168 valence electrons. The van der Waals surface area contributed by atoms with Crippen molar-refractivity contribution in [3.05, 3.63) is 53.9 Å². The zero-order valence-electron chi connectivity index (χ0n) is 19.0. The topological polar surface area (TPSA) is 83.7 Å². The maximum atomic E-state index is 12.8. The molecule has 8 nitrogen and oxygen atoms in total. The zero-order valence-corrected chi connectivity index (χ0v) is 19.0. The van der Waals surface area contributed by atoms with Crippen molar-refractivity contribution in [2.75, 3.05) is 43.5 Å². The number of ether oxygens (including phenoxy) is 1. The standard InChI is InChI=1S/C24H29N5O3/c1-16(2)23-26-22(27-32-23)18-6-8-19(9-7-18)28-11-13-29(14-12-28)24(30)25-20-15-17(3)5-10-21(20)31-4/h5-10,15-16H,11-14H2,1-4H3,(H,25,30). The van der Waals surface area contributed by atoms with Crippen molar-refractivity contribution in [2.45, 2.75) is 26.7 Å². The highest BCUT2D eigenvalue weighted by molar-refractivity contribution is 5.91. The van der Waals surface area contributed by atoms with Gasteiger partial charge in [0.25, 0.3) is 0 Å². The van der Waals surface area contributed by atoms with Crippen molar-refractivity contribution < 1.29 is 14.1 Å². The summed E-state index contributed by atoms with van der Waals surface area (Å²) >= 11 is 0. The highest BCUT2D eigenvalue weighted by Gasteiger charge is 2.22. The van der Waals surface area contributed by atoms with E-state index in [0.29, 0.717) is 36.2 Å².